The van der Waals surface area contributed by atoms with Crippen molar-refractivity contribution in [2.45, 2.75) is 52.6 Å². The topological polar surface area (TPSA) is 58.6 Å². The second-order valence-electron chi connectivity index (χ2n) is 9.04. The van der Waals surface area contributed by atoms with E-state index in [1.807, 2.05) is 87.5 Å². The molecule has 0 heterocycles. The highest BCUT2D eigenvalue weighted by Crippen LogP contribution is 2.20. The molecule has 5 nitrogen and oxygen atoms in total. The molecule has 3 rings (SSSR count). The van der Waals surface area contributed by atoms with Crippen LogP contribution in [0, 0.1) is 13.8 Å². The van der Waals surface area contributed by atoms with Gasteiger partial charge in [0.2, 0.25) is 11.8 Å². The molecule has 3 aromatic carbocycles. The number of nitrogens with one attached hydrogen (secondary N) is 1. The van der Waals surface area contributed by atoms with Gasteiger partial charge in [0.1, 0.15) is 11.8 Å². The van der Waals surface area contributed by atoms with Crippen molar-refractivity contribution in [3.8, 4) is 5.75 Å². The quantitative estimate of drug-likeness (QED) is 0.426. The van der Waals surface area contributed by atoms with E-state index in [4.69, 9.17) is 4.74 Å². The molecular formula is C30H36N2O3. The molecule has 0 fully saturated rings. The number of carbonyl (C=O) groups excluding carboxylic acids is 2. The fraction of sp³-hybridized carbons (Fsp3) is 0.333. The van der Waals surface area contributed by atoms with Gasteiger partial charge in [-0.2, -0.15) is 0 Å². The van der Waals surface area contributed by atoms with Gasteiger partial charge in [-0.1, -0.05) is 78.7 Å². The molecular weight excluding hydrogens is 436 g/mol. The Balaban J connectivity index is 1.98. The Morgan fingerprint density at radius 3 is 2.23 bits per heavy atom. The van der Waals surface area contributed by atoms with Crippen molar-refractivity contribution >= 4 is 11.8 Å². The first-order valence-electron chi connectivity index (χ1n) is 12.2. The number of hydrogen-bond acceptors (Lipinski definition) is 3. The van der Waals surface area contributed by atoms with E-state index in [1.54, 1.807) is 12.0 Å². The highest BCUT2D eigenvalue weighted by molar-refractivity contribution is 5.88. The van der Waals surface area contributed by atoms with Crippen LogP contribution >= 0.6 is 0 Å². The number of nitrogens with zero attached hydrogens (tertiary/aromatic N) is 1. The molecule has 5 heteroatoms. The smallest absolute Gasteiger partial charge is 0.243 e. The van der Waals surface area contributed by atoms with Gasteiger partial charge in [0.25, 0.3) is 0 Å². The fourth-order valence-corrected chi connectivity index (χ4v) is 4.33. The van der Waals surface area contributed by atoms with Gasteiger partial charge in [-0.05, 0) is 49.1 Å². The summed E-state index contributed by atoms with van der Waals surface area (Å²) in [6.45, 7) is 6.97. The normalized spacial score (nSPS) is 11.5. The van der Waals surface area contributed by atoms with Crippen LogP contribution in [0.5, 0.6) is 5.75 Å². The molecule has 0 spiro atoms. The minimum absolute atomic E-state index is 0.0783. The molecule has 184 valence electrons. The van der Waals surface area contributed by atoms with Gasteiger partial charge in [-0.3, -0.25) is 9.59 Å². The maximum atomic E-state index is 13.8. The van der Waals surface area contributed by atoms with E-state index >= 15 is 0 Å². The Hall–Kier alpha value is -3.60. The second-order valence-corrected chi connectivity index (χ2v) is 9.04. The zero-order valence-corrected chi connectivity index (χ0v) is 21.2. The molecule has 2 amide bonds. The number of benzene rings is 3. The van der Waals surface area contributed by atoms with Crippen LogP contribution in [0.3, 0.4) is 0 Å². The first-order valence-corrected chi connectivity index (χ1v) is 12.2. The summed E-state index contributed by atoms with van der Waals surface area (Å²) in [6, 6.07) is 23.1. The summed E-state index contributed by atoms with van der Waals surface area (Å²) < 4.78 is 5.39. The highest BCUT2D eigenvalue weighted by Gasteiger charge is 2.30. The Morgan fingerprint density at radius 2 is 1.57 bits per heavy atom. The van der Waals surface area contributed by atoms with Gasteiger partial charge in [-0.15, -0.1) is 0 Å². The van der Waals surface area contributed by atoms with Crippen LogP contribution in [0.4, 0.5) is 0 Å². The third kappa shape index (κ3) is 7.71. The number of amides is 2. The second kappa shape index (κ2) is 12.7. The number of carbonyl (C=O) groups is 2. The van der Waals surface area contributed by atoms with Crippen molar-refractivity contribution in [1.82, 2.24) is 10.2 Å². The molecule has 0 saturated heterocycles. The van der Waals surface area contributed by atoms with Crippen LogP contribution in [-0.2, 0) is 29.0 Å². The maximum absolute atomic E-state index is 13.8. The van der Waals surface area contributed by atoms with Gasteiger partial charge < -0.3 is 15.0 Å². The monoisotopic (exact) mass is 472 g/mol. The van der Waals surface area contributed by atoms with Crippen LogP contribution in [0.1, 0.15) is 41.2 Å². The molecule has 1 N–H and O–H groups in total. The summed E-state index contributed by atoms with van der Waals surface area (Å²) in [7, 11) is 1.62. The van der Waals surface area contributed by atoms with Crippen LogP contribution in [-0.4, -0.2) is 36.4 Å². The fourth-order valence-electron chi connectivity index (χ4n) is 4.33. The van der Waals surface area contributed by atoms with Crippen LogP contribution in [0.25, 0.3) is 0 Å². The Labute approximate surface area is 209 Å². The van der Waals surface area contributed by atoms with Gasteiger partial charge >= 0.3 is 0 Å². The van der Waals surface area contributed by atoms with Crippen molar-refractivity contribution in [2.24, 2.45) is 0 Å². The summed E-state index contributed by atoms with van der Waals surface area (Å²) in [5.74, 6) is 0.511. The predicted octanol–water partition coefficient (Wildman–Crippen LogP) is 5.02. The molecule has 0 aromatic heterocycles. The summed E-state index contributed by atoms with van der Waals surface area (Å²) in [5.41, 5.74) is 5.12. The minimum atomic E-state index is -0.631. The van der Waals surface area contributed by atoms with Gasteiger partial charge in [0, 0.05) is 19.5 Å². The molecule has 0 radical (unpaired) electrons. The van der Waals surface area contributed by atoms with E-state index in [2.05, 4.69) is 11.4 Å². The zero-order chi connectivity index (χ0) is 25.2. The first-order chi connectivity index (χ1) is 16.9. The SMILES string of the molecule is CCCNC(=O)[C@@H](Cc1ccccc1)N(Cc1cccc(OC)c1)C(=O)Cc1cc(C)cc(C)c1. The van der Waals surface area contributed by atoms with Crippen molar-refractivity contribution in [1.29, 1.82) is 0 Å². The zero-order valence-electron chi connectivity index (χ0n) is 21.2. The summed E-state index contributed by atoms with van der Waals surface area (Å²) in [4.78, 5) is 28.9. The van der Waals surface area contributed by atoms with Crippen molar-refractivity contribution in [3.63, 3.8) is 0 Å². The molecule has 3 aromatic rings. The van der Waals surface area contributed by atoms with Gasteiger partial charge in [-0.25, -0.2) is 0 Å². The third-order valence-corrected chi connectivity index (χ3v) is 5.94. The molecule has 0 saturated carbocycles. The third-order valence-electron chi connectivity index (χ3n) is 5.94. The first kappa shape index (κ1) is 26.0. The maximum Gasteiger partial charge on any atom is 0.243 e. The highest BCUT2D eigenvalue weighted by atomic mass is 16.5. The molecule has 35 heavy (non-hydrogen) atoms. The predicted molar refractivity (Wildman–Crippen MR) is 140 cm³/mol. The van der Waals surface area contributed by atoms with Crippen molar-refractivity contribution < 1.29 is 14.3 Å². The lowest BCUT2D eigenvalue weighted by atomic mass is 10.00. The van der Waals surface area contributed by atoms with E-state index in [0.717, 1.165) is 40.0 Å². The van der Waals surface area contributed by atoms with E-state index in [9.17, 15) is 9.59 Å². The Morgan fingerprint density at radius 1 is 0.886 bits per heavy atom. The van der Waals surface area contributed by atoms with Crippen LogP contribution in [0.2, 0.25) is 0 Å². The van der Waals surface area contributed by atoms with Gasteiger partial charge in [0.15, 0.2) is 0 Å². The summed E-state index contributed by atoms with van der Waals surface area (Å²) in [5, 5.41) is 3.02. The average molecular weight is 473 g/mol. The molecule has 0 aliphatic rings. The number of ether oxygens (including phenoxy) is 1. The van der Waals surface area contributed by atoms with Crippen LogP contribution < -0.4 is 10.1 Å². The lowest BCUT2D eigenvalue weighted by molar-refractivity contribution is -0.140. The molecule has 0 bridgehead atoms. The Bertz CT molecular complexity index is 1110. The Kier molecular flexibility index (Phi) is 9.47. The average Bonchev–Trinajstić information content (AvgIpc) is 2.84. The standard InChI is InChI=1S/C30H36N2O3/c1-5-14-31-30(34)28(19-24-10-7-6-8-11-24)32(21-25-12-9-13-27(18-25)35-4)29(33)20-26-16-22(2)15-23(3)17-26/h6-13,15-18,28H,5,14,19-21H2,1-4H3,(H,31,34)/t28-/m1/s1. The van der Waals surface area contributed by atoms with E-state index in [1.165, 1.54) is 0 Å². The van der Waals surface area contributed by atoms with E-state index in [-0.39, 0.29) is 18.2 Å². The lowest BCUT2D eigenvalue weighted by Gasteiger charge is -2.32. The molecule has 0 aliphatic heterocycles. The summed E-state index contributed by atoms with van der Waals surface area (Å²) >= 11 is 0. The lowest BCUT2D eigenvalue weighted by Crippen LogP contribution is -2.51. The number of hydrogen-bond donors (Lipinski definition) is 1. The van der Waals surface area contributed by atoms with Crippen molar-refractivity contribution in [3.05, 3.63) is 101 Å². The molecule has 0 unspecified atom stereocenters. The number of methoxy groups -OCH3 is 1. The molecule has 0 aliphatic carbocycles. The van der Waals surface area contributed by atoms with E-state index in [0.29, 0.717) is 19.5 Å². The molecule has 1 atom stereocenters. The minimum Gasteiger partial charge on any atom is -0.497 e. The van der Waals surface area contributed by atoms with Gasteiger partial charge in [0.05, 0.1) is 13.5 Å². The number of rotatable bonds is 11. The summed E-state index contributed by atoms with van der Waals surface area (Å²) in [6.07, 6.45) is 1.51. The number of aryl methyl sites for hydroxylation is 2. The van der Waals surface area contributed by atoms with E-state index < -0.39 is 6.04 Å². The van der Waals surface area contributed by atoms with Crippen LogP contribution in [0.15, 0.2) is 72.8 Å². The van der Waals surface area contributed by atoms with Crippen molar-refractivity contribution in [2.75, 3.05) is 13.7 Å². The largest absolute Gasteiger partial charge is 0.497 e.